The molecule has 1 amide bonds. The lowest BCUT2D eigenvalue weighted by Crippen LogP contribution is -2.30. The zero-order chi connectivity index (χ0) is 20.1. The minimum Gasteiger partial charge on any atom is -0.489 e. The van der Waals surface area contributed by atoms with Gasteiger partial charge in [-0.3, -0.25) is 9.59 Å². The van der Waals surface area contributed by atoms with E-state index in [1.54, 1.807) is 55.6 Å². The summed E-state index contributed by atoms with van der Waals surface area (Å²) in [6, 6.07) is 16.4. The molecule has 2 aromatic carbocycles. The molecule has 0 fully saturated rings. The van der Waals surface area contributed by atoms with E-state index in [0.29, 0.717) is 11.3 Å². The monoisotopic (exact) mass is 381 g/mol. The molecular weight excluding hydrogens is 361 g/mol. The molecule has 0 aliphatic carbocycles. The molecule has 0 radical (unpaired) electrons. The van der Waals surface area contributed by atoms with Crippen molar-refractivity contribution in [3.8, 4) is 17.1 Å². The van der Waals surface area contributed by atoms with Gasteiger partial charge in [0, 0.05) is 18.2 Å². The third-order valence-electron chi connectivity index (χ3n) is 4.26. The van der Waals surface area contributed by atoms with Gasteiger partial charge in [0.25, 0.3) is 5.91 Å². The van der Waals surface area contributed by atoms with Crippen LogP contribution in [0.1, 0.15) is 27.8 Å². The van der Waals surface area contributed by atoms with Crippen LogP contribution in [-0.2, 0) is 0 Å². The number of furan rings is 1. The first kappa shape index (κ1) is 19.4. The molecule has 144 valence electrons. The van der Waals surface area contributed by atoms with Crippen molar-refractivity contribution >= 4 is 11.7 Å². The highest BCUT2D eigenvalue weighted by Gasteiger charge is 2.17. The van der Waals surface area contributed by atoms with E-state index in [1.165, 1.54) is 24.0 Å². The van der Waals surface area contributed by atoms with Gasteiger partial charge in [-0.1, -0.05) is 36.4 Å². The van der Waals surface area contributed by atoms with E-state index in [2.05, 4.69) is 0 Å². The first-order valence-electron chi connectivity index (χ1n) is 8.79. The van der Waals surface area contributed by atoms with Gasteiger partial charge in [0.2, 0.25) is 0 Å². The maximum atomic E-state index is 13.5. The van der Waals surface area contributed by atoms with E-state index >= 15 is 0 Å². The summed E-state index contributed by atoms with van der Waals surface area (Å²) in [4.78, 5) is 25.3. The van der Waals surface area contributed by atoms with Gasteiger partial charge >= 0.3 is 0 Å². The summed E-state index contributed by atoms with van der Waals surface area (Å²) < 4.78 is 24.6. The zero-order valence-electron chi connectivity index (χ0n) is 15.6. The average molecular weight is 381 g/mol. The van der Waals surface area contributed by atoms with Crippen LogP contribution in [-0.4, -0.2) is 36.8 Å². The molecule has 3 rings (SSSR count). The number of carbonyl (C=O) groups is 2. The van der Waals surface area contributed by atoms with Crippen LogP contribution in [0.2, 0.25) is 0 Å². The summed E-state index contributed by atoms with van der Waals surface area (Å²) in [6.07, 6.45) is 0. The van der Waals surface area contributed by atoms with Gasteiger partial charge in [-0.25, -0.2) is 4.39 Å². The summed E-state index contributed by atoms with van der Waals surface area (Å²) >= 11 is 0. The van der Waals surface area contributed by atoms with Crippen LogP contribution in [0.5, 0.6) is 5.75 Å². The Morgan fingerprint density at radius 2 is 1.75 bits per heavy atom. The molecule has 0 atom stereocenters. The fraction of sp³-hybridized carbons (Fsp3) is 0.182. The molecule has 0 bridgehead atoms. The number of nitrogens with zero attached hydrogens (tertiary/aromatic N) is 1. The van der Waals surface area contributed by atoms with E-state index in [0.717, 1.165) is 5.56 Å². The Hall–Kier alpha value is -3.41. The molecule has 1 aromatic heterocycles. The van der Waals surface area contributed by atoms with E-state index in [9.17, 15) is 14.0 Å². The predicted molar refractivity (Wildman–Crippen MR) is 103 cm³/mol. The number of carbonyl (C=O) groups excluding carboxylic acids is 2. The number of ether oxygens (including phenoxy) is 1. The zero-order valence-corrected chi connectivity index (χ0v) is 15.6. The van der Waals surface area contributed by atoms with Gasteiger partial charge in [0.1, 0.15) is 12.4 Å². The lowest BCUT2D eigenvalue weighted by Gasteiger charge is -2.16. The molecule has 0 spiro atoms. The molecule has 0 unspecified atom stereocenters. The Kier molecular flexibility index (Phi) is 5.89. The smallest absolute Gasteiger partial charge is 0.289 e. The topological polar surface area (TPSA) is 59.8 Å². The quantitative estimate of drug-likeness (QED) is 0.568. The number of benzene rings is 2. The van der Waals surface area contributed by atoms with Gasteiger partial charge in [0.05, 0.1) is 6.54 Å². The minimum atomic E-state index is -0.442. The van der Waals surface area contributed by atoms with Crippen LogP contribution in [0.4, 0.5) is 4.39 Å². The van der Waals surface area contributed by atoms with Crippen molar-refractivity contribution in [2.24, 2.45) is 0 Å². The van der Waals surface area contributed by atoms with Gasteiger partial charge in [-0.2, -0.15) is 0 Å². The second-order valence-corrected chi connectivity index (χ2v) is 6.30. The number of rotatable bonds is 7. The Labute approximate surface area is 162 Å². The van der Waals surface area contributed by atoms with Crippen molar-refractivity contribution in [1.82, 2.24) is 4.90 Å². The number of hydrogen-bond acceptors (Lipinski definition) is 4. The highest BCUT2D eigenvalue weighted by Crippen LogP contribution is 2.23. The molecule has 0 saturated heterocycles. The number of halogens is 1. The van der Waals surface area contributed by atoms with E-state index < -0.39 is 5.82 Å². The van der Waals surface area contributed by atoms with Gasteiger partial charge < -0.3 is 14.1 Å². The summed E-state index contributed by atoms with van der Waals surface area (Å²) in [5.41, 5.74) is 1.38. The molecule has 28 heavy (non-hydrogen) atoms. The summed E-state index contributed by atoms with van der Waals surface area (Å²) in [5, 5.41) is 0. The van der Waals surface area contributed by atoms with E-state index in [-0.39, 0.29) is 36.4 Å². The minimum absolute atomic E-state index is 0.0129. The standard InChI is InChI=1S/C22H20FNO4/c1-15(25)16-7-9-17(10-8-16)19-11-12-21(28-19)22(26)24(2)13-14-27-20-6-4-3-5-18(20)23/h3-12H,13-14H2,1-2H3. The Morgan fingerprint density at radius 3 is 2.43 bits per heavy atom. The Balaban J connectivity index is 1.60. The second-order valence-electron chi connectivity index (χ2n) is 6.30. The van der Waals surface area contributed by atoms with Crippen molar-refractivity contribution in [2.45, 2.75) is 6.92 Å². The van der Waals surface area contributed by atoms with Crippen LogP contribution in [0.15, 0.2) is 65.1 Å². The average Bonchev–Trinajstić information content (AvgIpc) is 3.19. The van der Waals surface area contributed by atoms with Crippen molar-refractivity contribution in [3.63, 3.8) is 0 Å². The number of ketones is 1. The van der Waals surface area contributed by atoms with Crippen molar-refractivity contribution in [1.29, 1.82) is 0 Å². The number of Topliss-reactive ketones (excluding diaryl/α,β-unsaturated/α-hetero) is 1. The van der Waals surface area contributed by atoms with Crippen LogP contribution < -0.4 is 4.74 Å². The third-order valence-corrected chi connectivity index (χ3v) is 4.26. The molecule has 0 saturated carbocycles. The third kappa shape index (κ3) is 4.46. The van der Waals surface area contributed by atoms with Crippen molar-refractivity contribution in [3.05, 3.63) is 77.8 Å². The first-order valence-corrected chi connectivity index (χ1v) is 8.79. The summed E-state index contributed by atoms with van der Waals surface area (Å²) in [7, 11) is 1.62. The number of hydrogen-bond donors (Lipinski definition) is 0. The van der Waals surface area contributed by atoms with Gasteiger partial charge in [-0.15, -0.1) is 0 Å². The van der Waals surface area contributed by atoms with Crippen LogP contribution in [0.3, 0.4) is 0 Å². The number of amides is 1. The van der Waals surface area contributed by atoms with Crippen LogP contribution in [0, 0.1) is 5.82 Å². The second kappa shape index (κ2) is 8.52. The molecule has 5 nitrogen and oxygen atoms in total. The predicted octanol–water partition coefficient (Wildman–Crippen LogP) is 4.44. The number of para-hydroxylation sites is 1. The molecule has 3 aromatic rings. The van der Waals surface area contributed by atoms with Crippen LogP contribution in [0.25, 0.3) is 11.3 Å². The Bertz CT molecular complexity index is 978. The molecule has 1 heterocycles. The first-order chi connectivity index (χ1) is 13.5. The molecule has 6 heteroatoms. The fourth-order valence-corrected chi connectivity index (χ4v) is 2.62. The number of likely N-dealkylation sites (N-methyl/N-ethyl adjacent to an activating group) is 1. The van der Waals surface area contributed by atoms with Gasteiger partial charge in [0.15, 0.2) is 23.1 Å². The van der Waals surface area contributed by atoms with E-state index in [1.807, 2.05) is 0 Å². The molecule has 0 aliphatic heterocycles. The highest BCUT2D eigenvalue weighted by atomic mass is 19.1. The summed E-state index contributed by atoms with van der Waals surface area (Å²) in [5.74, 6) is 0.124. The molecule has 0 aliphatic rings. The normalized spacial score (nSPS) is 10.5. The lowest BCUT2D eigenvalue weighted by molar-refractivity contribution is 0.0742. The van der Waals surface area contributed by atoms with Gasteiger partial charge in [-0.05, 0) is 31.2 Å². The Morgan fingerprint density at radius 1 is 1.04 bits per heavy atom. The largest absolute Gasteiger partial charge is 0.489 e. The molecule has 0 N–H and O–H groups in total. The maximum Gasteiger partial charge on any atom is 0.289 e. The van der Waals surface area contributed by atoms with E-state index in [4.69, 9.17) is 9.15 Å². The lowest BCUT2D eigenvalue weighted by atomic mass is 10.1. The highest BCUT2D eigenvalue weighted by molar-refractivity contribution is 5.94. The summed E-state index contributed by atoms with van der Waals surface area (Å²) in [6.45, 7) is 1.93. The van der Waals surface area contributed by atoms with Crippen LogP contribution >= 0.6 is 0 Å². The fourth-order valence-electron chi connectivity index (χ4n) is 2.62. The van der Waals surface area contributed by atoms with Crippen molar-refractivity contribution < 1.29 is 23.1 Å². The SMILES string of the molecule is CC(=O)c1ccc(-c2ccc(C(=O)N(C)CCOc3ccccc3F)o2)cc1. The maximum absolute atomic E-state index is 13.5. The van der Waals surface area contributed by atoms with Crippen molar-refractivity contribution in [2.75, 3.05) is 20.2 Å². The molecular formula is C22H20FNO4.